The molecule has 0 heterocycles. The summed E-state index contributed by atoms with van der Waals surface area (Å²) in [6.07, 6.45) is -0.271. The van der Waals surface area contributed by atoms with Crippen LogP contribution in [0.5, 0.6) is 0 Å². The van der Waals surface area contributed by atoms with Crippen molar-refractivity contribution in [3.63, 3.8) is 0 Å². The molecule has 3 N–H and O–H groups in total. The molecule has 0 atom stereocenters. The van der Waals surface area contributed by atoms with Crippen LogP contribution in [-0.4, -0.2) is 25.0 Å². The third-order valence-electron chi connectivity index (χ3n) is 1.68. The van der Waals surface area contributed by atoms with Crippen molar-refractivity contribution in [2.45, 2.75) is 24.8 Å². The molecule has 0 aliphatic heterocycles. The largest absolute Gasteiger partial charge is 0.370 e. The fourth-order valence-electron chi connectivity index (χ4n) is 1.04. The van der Waals surface area contributed by atoms with Crippen molar-refractivity contribution >= 4 is 29.9 Å². The molecule has 1 rings (SSSR count). The van der Waals surface area contributed by atoms with Crippen molar-refractivity contribution < 1.29 is 8.78 Å². The van der Waals surface area contributed by atoms with Crippen LogP contribution < -0.4 is 11.1 Å². The Bertz CT molecular complexity index is 176. The predicted molar refractivity (Wildman–Crippen MR) is 54.1 cm³/mol. The summed E-state index contributed by atoms with van der Waals surface area (Å²) < 4.78 is 24.4. The summed E-state index contributed by atoms with van der Waals surface area (Å²) >= 11 is 0. The van der Waals surface area contributed by atoms with Crippen LogP contribution in [0.3, 0.4) is 0 Å². The average Bonchev–Trinajstić information content (AvgIpc) is 1.83. The number of aliphatic imine (C=N–C) groups is 1. The van der Waals surface area contributed by atoms with E-state index < -0.39 is 5.92 Å². The second-order valence-electron chi connectivity index (χ2n) is 2.71. The van der Waals surface area contributed by atoms with Crippen LogP contribution in [0.15, 0.2) is 4.99 Å². The second-order valence-corrected chi connectivity index (χ2v) is 2.71. The lowest BCUT2D eigenvalue weighted by Crippen LogP contribution is -2.52. The lowest BCUT2D eigenvalue weighted by Gasteiger charge is -2.35. The first-order valence-electron chi connectivity index (χ1n) is 3.40. The number of rotatable bonds is 1. The smallest absolute Gasteiger partial charge is 0.252 e. The molecule has 12 heavy (non-hydrogen) atoms. The van der Waals surface area contributed by atoms with E-state index in [9.17, 15) is 8.78 Å². The Morgan fingerprint density at radius 2 is 2.08 bits per heavy atom. The molecule has 1 aliphatic rings. The first kappa shape index (κ1) is 11.9. The Morgan fingerprint density at radius 3 is 2.42 bits per heavy atom. The van der Waals surface area contributed by atoms with Crippen LogP contribution >= 0.6 is 24.0 Å². The van der Waals surface area contributed by atoms with E-state index in [1.165, 1.54) is 7.05 Å². The summed E-state index contributed by atoms with van der Waals surface area (Å²) in [7, 11) is 1.51. The molecule has 0 aromatic carbocycles. The SMILES string of the molecule is CN=C(N)NC1CC(F)(F)C1.I. The molecular weight excluding hydrogens is 279 g/mol. The van der Waals surface area contributed by atoms with E-state index in [-0.39, 0.29) is 48.8 Å². The van der Waals surface area contributed by atoms with E-state index >= 15 is 0 Å². The Hall–Kier alpha value is -0.140. The molecule has 72 valence electrons. The maximum absolute atomic E-state index is 12.2. The maximum Gasteiger partial charge on any atom is 0.252 e. The third kappa shape index (κ3) is 3.08. The summed E-state index contributed by atoms with van der Waals surface area (Å²) in [6, 6.07) is -0.200. The molecule has 3 nitrogen and oxygen atoms in total. The van der Waals surface area contributed by atoms with Gasteiger partial charge in [0.2, 0.25) is 0 Å². The minimum Gasteiger partial charge on any atom is -0.370 e. The van der Waals surface area contributed by atoms with Crippen molar-refractivity contribution in [2.24, 2.45) is 10.7 Å². The van der Waals surface area contributed by atoms with Crippen molar-refractivity contribution in [1.29, 1.82) is 0 Å². The summed E-state index contributed by atoms with van der Waals surface area (Å²) in [5.41, 5.74) is 5.27. The van der Waals surface area contributed by atoms with Crippen molar-refractivity contribution in [1.82, 2.24) is 5.32 Å². The van der Waals surface area contributed by atoms with E-state index in [0.717, 1.165) is 0 Å². The number of nitrogens with one attached hydrogen (secondary N) is 1. The van der Waals surface area contributed by atoms with Crippen molar-refractivity contribution in [3.8, 4) is 0 Å². The highest BCUT2D eigenvalue weighted by molar-refractivity contribution is 14.0. The van der Waals surface area contributed by atoms with Gasteiger partial charge in [-0.25, -0.2) is 8.78 Å². The second kappa shape index (κ2) is 4.20. The molecule has 0 saturated heterocycles. The monoisotopic (exact) mass is 291 g/mol. The number of hydrogen-bond acceptors (Lipinski definition) is 1. The zero-order chi connectivity index (χ0) is 8.48. The Kier molecular flexibility index (Phi) is 4.15. The van der Waals surface area contributed by atoms with Crippen LogP contribution in [0.4, 0.5) is 8.78 Å². The van der Waals surface area contributed by atoms with Gasteiger partial charge in [0.1, 0.15) is 0 Å². The van der Waals surface area contributed by atoms with E-state index in [0.29, 0.717) is 0 Å². The van der Waals surface area contributed by atoms with Crippen LogP contribution in [0, 0.1) is 0 Å². The van der Waals surface area contributed by atoms with Gasteiger partial charge in [0.15, 0.2) is 5.96 Å². The number of guanidine groups is 1. The van der Waals surface area contributed by atoms with Gasteiger partial charge >= 0.3 is 0 Å². The fourth-order valence-corrected chi connectivity index (χ4v) is 1.04. The fraction of sp³-hybridized carbons (Fsp3) is 0.833. The highest BCUT2D eigenvalue weighted by atomic mass is 127. The summed E-state index contributed by atoms with van der Waals surface area (Å²) in [5, 5.41) is 2.67. The van der Waals surface area contributed by atoms with E-state index in [1.54, 1.807) is 0 Å². The first-order valence-corrected chi connectivity index (χ1v) is 3.40. The lowest BCUT2D eigenvalue weighted by molar-refractivity contribution is -0.0886. The number of hydrogen-bond donors (Lipinski definition) is 2. The Labute approximate surface area is 86.8 Å². The van der Waals surface area contributed by atoms with Gasteiger partial charge in [-0.15, -0.1) is 24.0 Å². The molecule has 0 unspecified atom stereocenters. The first-order chi connectivity index (χ1) is 5.03. The molecule has 1 aliphatic carbocycles. The number of nitrogens with zero attached hydrogens (tertiary/aromatic N) is 1. The van der Waals surface area contributed by atoms with Crippen molar-refractivity contribution in [3.05, 3.63) is 0 Å². The lowest BCUT2D eigenvalue weighted by atomic mass is 9.88. The molecule has 0 spiro atoms. The van der Waals surface area contributed by atoms with E-state index in [1.807, 2.05) is 0 Å². The highest BCUT2D eigenvalue weighted by Gasteiger charge is 2.45. The normalized spacial score (nSPS) is 22.4. The van der Waals surface area contributed by atoms with Gasteiger partial charge < -0.3 is 11.1 Å². The van der Waals surface area contributed by atoms with Gasteiger partial charge in [-0.2, -0.15) is 0 Å². The molecule has 0 amide bonds. The van der Waals surface area contributed by atoms with E-state index in [2.05, 4.69) is 10.3 Å². The number of halogens is 3. The number of alkyl halides is 2. The van der Waals surface area contributed by atoms with Gasteiger partial charge in [0.05, 0.1) is 0 Å². The van der Waals surface area contributed by atoms with Crippen LogP contribution in [0.1, 0.15) is 12.8 Å². The Morgan fingerprint density at radius 1 is 1.58 bits per heavy atom. The minimum absolute atomic E-state index is 0. The Balaban J connectivity index is 0.00000121. The summed E-state index contributed by atoms with van der Waals surface area (Å²) in [6.45, 7) is 0. The van der Waals surface area contributed by atoms with Gasteiger partial charge in [-0.1, -0.05) is 0 Å². The zero-order valence-electron chi connectivity index (χ0n) is 6.68. The molecule has 6 heteroatoms. The summed E-state index contributed by atoms with van der Waals surface area (Å²) in [5.74, 6) is -2.27. The third-order valence-corrected chi connectivity index (χ3v) is 1.68. The molecular formula is C6H12F2IN3. The molecule has 1 saturated carbocycles. The molecule has 1 fully saturated rings. The van der Waals surface area contributed by atoms with E-state index in [4.69, 9.17) is 5.73 Å². The maximum atomic E-state index is 12.2. The van der Waals surface area contributed by atoms with Gasteiger partial charge in [-0.05, 0) is 0 Å². The zero-order valence-corrected chi connectivity index (χ0v) is 9.01. The quantitative estimate of drug-likeness (QED) is 0.429. The van der Waals surface area contributed by atoms with Gasteiger partial charge in [0, 0.05) is 25.9 Å². The van der Waals surface area contributed by atoms with Gasteiger partial charge in [-0.3, -0.25) is 4.99 Å². The topological polar surface area (TPSA) is 50.4 Å². The predicted octanol–water partition coefficient (Wildman–Crippen LogP) is 0.936. The van der Waals surface area contributed by atoms with Crippen LogP contribution in [-0.2, 0) is 0 Å². The van der Waals surface area contributed by atoms with Crippen LogP contribution in [0.25, 0.3) is 0 Å². The molecule has 0 bridgehead atoms. The standard InChI is InChI=1S/C6H11F2N3.HI/c1-10-5(9)11-4-2-6(7,8)3-4;/h4H,2-3H2,1H3,(H3,9,10,11);1H. The number of nitrogens with two attached hydrogens (primary N) is 1. The minimum atomic E-state index is -2.49. The summed E-state index contributed by atoms with van der Waals surface area (Å²) in [4.78, 5) is 3.60. The van der Waals surface area contributed by atoms with Crippen molar-refractivity contribution in [2.75, 3.05) is 7.05 Å². The highest BCUT2D eigenvalue weighted by Crippen LogP contribution is 2.37. The average molecular weight is 291 g/mol. The molecule has 0 aromatic heterocycles. The molecule has 0 aromatic rings. The van der Waals surface area contributed by atoms with Crippen LogP contribution in [0.2, 0.25) is 0 Å². The van der Waals surface area contributed by atoms with Gasteiger partial charge in [0.25, 0.3) is 5.92 Å². The molecule has 0 radical (unpaired) electrons.